The SMILES string of the molecule is C[C@H](OC(=O)c1ccc2ncsc2c1)C(=O)Nc1ccc(F)cc1. The molecule has 122 valence electrons. The third kappa shape index (κ3) is 3.57. The maximum atomic E-state index is 12.8. The van der Waals surface area contributed by atoms with Crippen molar-refractivity contribution in [3.05, 3.63) is 59.4 Å². The number of nitrogens with zero attached hydrogens (tertiary/aromatic N) is 1. The van der Waals surface area contributed by atoms with Crippen LogP contribution in [0, 0.1) is 5.82 Å². The fourth-order valence-corrected chi connectivity index (χ4v) is 2.76. The summed E-state index contributed by atoms with van der Waals surface area (Å²) in [7, 11) is 0. The molecule has 1 aromatic heterocycles. The van der Waals surface area contributed by atoms with Gasteiger partial charge in [-0.3, -0.25) is 4.79 Å². The summed E-state index contributed by atoms with van der Waals surface area (Å²) in [6, 6.07) is 10.3. The zero-order chi connectivity index (χ0) is 17.1. The van der Waals surface area contributed by atoms with E-state index >= 15 is 0 Å². The second-order valence-corrected chi connectivity index (χ2v) is 5.96. The molecule has 0 unspecified atom stereocenters. The average Bonchev–Trinajstić information content (AvgIpc) is 3.04. The van der Waals surface area contributed by atoms with Gasteiger partial charge in [-0.25, -0.2) is 14.2 Å². The molecule has 0 saturated carbocycles. The number of carbonyl (C=O) groups is 2. The summed E-state index contributed by atoms with van der Waals surface area (Å²) < 4.78 is 18.9. The molecule has 0 radical (unpaired) electrons. The Hall–Kier alpha value is -2.80. The normalized spacial score (nSPS) is 11.9. The Morgan fingerprint density at radius 2 is 1.96 bits per heavy atom. The van der Waals surface area contributed by atoms with Gasteiger partial charge in [0.15, 0.2) is 6.10 Å². The minimum absolute atomic E-state index is 0.355. The smallest absolute Gasteiger partial charge is 0.338 e. The number of hydrogen-bond donors (Lipinski definition) is 1. The van der Waals surface area contributed by atoms with Crippen LogP contribution in [0.25, 0.3) is 10.2 Å². The van der Waals surface area contributed by atoms with Gasteiger partial charge in [0, 0.05) is 5.69 Å². The van der Waals surface area contributed by atoms with Crippen molar-refractivity contribution in [3.63, 3.8) is 0 Å². The molecule has 1 amide bonds. The maximum Gasteiger partial charge on any atom is 0.338 e. The highest BCUT2D eigenvalue weighted by Gasteiger charge is 2.19. The van der Waals surface area contributed by atoms with E-state index in [1.54, 1.807) is 23.7 Å². The van der Waals surface area contributed by atoms with E-state index in [2.05, 4.69) is 10.3 Å². The molecule has 0 aliphatic heterocycles. The first kappa shape index (κ1) is 16.1. The Morgan fingerprint density at radius 3 is 2.71 bits per heavy atom. The molecule has 24 heavy (non-hydrogen) atoms. The van der Waals surface area contributed by atoms with Gasteiger partial charge in [-0.1, -0.05) is 0 Å². The Kier molecular flexibility index (Phi) is 4.52. The topological polar surface area (TPSA) is 68.3 Å². The molecule has 0 aliphatic rings. The highest BCUT2D eigenvalue weighted by Crippen LogP contribution is 2.20. The summed E-state index contributed by atoms with van der Waals surface area (Å²) in [5.41, 5.74) is 3.28. The van der Waals surface area contributed by atoms with Crippen molar-refractivity contribution in [2.24, 2.45) is 0 Å². The number of amides is 1. The van der Waals surface area contributed by atoms with Crippen LogP contribution in [-0.4, -0.2) is 23.0 Å². The Morgan fingerprint density at radius 1 is 1.21 bits per heavy atom. The van der Waals surface area contributed by atoms with Gasteiger partial charge in [-0.2, -0.15) is 0 Å². The number of esters is 1. The summed E-state index contributed by atoms with van der Waals surface area (Å²) in [4.78, 5) is 28.3. The number of anilines is 1. The molecule has 0 fully saturated rings. The number of thiazole rings is 1. The predicted molar refractivity (Wildman–Crippen MR) is 89.5 cm³/mol. The lowest BCUT2D eigenvalue weighted by molar-refractivity contribution is -0.123. The molecule has 5 nitrogen and oxygen atoms in total. The fraction of sp³-hybridized carbons (Fsp3) is 0.118. The van der Waals surface area contributed by atoms with Crippen LogP contribution >= 0.6 is 11.3 Å². The van der Waals surface area contributed by atoms with Gasteiger partial charge in [0.25, 0.3) is 5.91 Å². The Bertz CT molecular complexity index is 892. The van der Waals surface area contributed by atoms with Crippen LogP contribution in [0.4, 0.5) is 10.1 Å². The molecule has 1 N–H and O–H groups in total. The lowest BCUT2D eigenvalue weighted by atomic mass is 10.2. The van der Waals surface area contributed by atoms with Crippen LogP contribution < -0.4 is 5.32 Å². The van der Waals surface area contributed by atoms with Gasteiger partial charge in [-0.15, -0.1) is 11.3 Å². The van der Waals surface area contributed by atoms with E-state index < -0.39 is 23.8 Å². The number of benzene rings is 2. The maximum absolute atomic E-state index is 12.8. The van der Waals surface area contributed by atoms with E-state index in [-0.39, 0.29) is 0 Å². The second-order valence-electron chi connectivity index (χ2n) is 5.08. The van der Waals surface area contributed by atoms with Gasteiger partial charge in [-0.05, 0) is 49.4 Å². The Balaban J connectivity index is 1.64. The molecule has 0 saturated heterocycles. The van der Waals surface area contributed by atoms with Gasteiger partial charge >= 0.3 is 5.97 Å². The molecule has 0 spiro atoms. The van der Waals surface area contributed by atoms with Crippen molar-refractivity contribution in [2.45, 2.75) is 13.0 Å². The van der Waals surface area contributed by atoms with E-state index in [0.717, 1.165) is 10.2 Å². The minimum atomic E-state index is -0.986. The fourth-order valence-electron chi connectivity index (χ4n) is 2.04. The highest BCUT2D eigenvalue weighted by atomic mass is 32.1. The Labute approximate surface area is 141 Å². The van der Waals surface area contributed by atoms with Crippen LogP contribution in [0.5, 0.6) is 0 Å². The molecule has 0 bridgehead atoms. The van der Waals surface area contributed by atoms with E-state index in [9.17, 15) is 14.0 Å². The van der Waals surface area contributed by atoms with Crippen LogP contribution in [-0.2, 0) is 9.53 Å². The highest BCUT2D eigenvalue weighted by molar-refractivity contribution is 7.16. The molecule has 0 aliphatic carbocycles. The number of fused-ring (bicyclic) bond motifs is 1. The number of halogens is 1. The molecule has 1 atom stereocenters. The third-order valence-electron chi connectivity index (χ3n) is 3.33. The lowest BCUT2D eigenvalue weighted by Crippen LogP contribution is -2.30. The molecule has 3 aromatic rings. The number of aromatic nitrogens is 1. The summed E-state index contributed by atoms with van der Waals surface area (Å²) in [6.07, 6.45) is -0.986. The summed E-state index contributed by atoms with van der Waals surface area (Å²) in [5, 5.41) is 2.56. The van der Waals surface area contributed by atoms with E-state index in [1.165, 1.54) is 42.5 Å². The monoisotopic (exact) mass is 344 g/mol. The number of ether oxygens (including phenoxy) is 1. The first-order chi connectivity index (χ1) is 11.5. The third-order valence-corrected chi connectivity index (χ3v) is 4.12. The molecule has 2 aromatic carbocycles. The standard InChI is InChI=1S/C17H13FN2O3S/c1-10(16(21)20-13-5-3-12(18)4-6-13)23-17(22)11-2-7-14-15(8-11)24-9-19-14/h2-10H,1H3,(H,20,21)/t10-/m0/s1. The van der Waals surface area contributed by atoms with Crippen LogP contribution in [0.15, 0.2) is 48.0 Å². The van der Waals surface area contributed by atoms with Crippen molar-refractivity contribution in [2.75, 3.05) is 5.32 Å². The van der Waals surface area contributed by atoms with Gasteiger partial charge in [0.05, 0.1) is 21.3 Å². The van der Waals surface area contributed by atoms with Crippen LogP contribution in [0.3, 0.4) is 0 Å². The molecule has 7 heteroatoms. The molecular formula is C17H13FN2O3S. The van der Waals surface area contributed by atoms with Crippen molar-refractivity contribution >= 4 is 39.1 Å². The van der Waals surface area contributed by atoms with Crippen molar-refractivity contribution in [1.82, 2.24) is 4.98 Å². The van der Waals surface area contributed by atoms with Crippen molar-refractivity contribution in [1.29, 1.82) is 0 Å². The van der Waals surface area contributed by atoms with Gasteiger partial charge in [0.1, 0.15) is 5.82 Å². The van der Waals surface area contributed by atoms with Crippen molar-refractivity contribution < 1.29 is 18.7 Å². The lowest BCUT2D eigenvalue weighted by Gasteiger charge is -2.13. The zero-order valence-corrected chi connectivity index (χ0v) is 13.5. The largest absolute Gasteiger partial charge is 0.449 e. The molecule has 3 rings (SSSR count). The van der Waals surface area contributed by atoms with E-state index in [1.807, 2.05) is 0 Å². The summed E-state index contributed by atoms with van der Waals surface area (Å²) >= 11 is 1.42. The number of hydrogen-bond acceptors (Lipinski definition) is 5. The van der Waals surface area contributed by atoms with Crippen LogP contribution in [0.2, 0.25) is 0 Å². The van der Waals surface area contributed by atoms with Crippen molar-refractivity contribution in [3.8, 4) is 0 Å². The van der Waals surface area contributed by atoms with Crippen LogP contribution in [0.1, 0.15) is 17.3 Å². The molecular weight excluding hydrogens is 331 g/mol. The first-order valence-electron chi connectivity index (χ1n) is 7.13. The number of nitrogens with one attached hydrogen (secondary N) is 1. The number of rotatable bonds is 4. The number of carbonyl (C=O) groups excluding carboxylic acids is 2. The van der Waals surface area contributed by atoms with E-state index in [4.69, 9.17) is 4.74 Å². The average molecular weight is 344 g/mol. The first-order valence-corrected chi connectivity index (χ1v) is 8.01. The van der Waals surface area contributed by atoms with Gasteiger partial charge in [0.2, 0.25) is 0 Å². The zero-order valence-electron chi connectivity index (χ0n) is 12.7. The quantitative estimate of drug-likeness (QED) is 0.734. The predicted octanol–water partition coefficient (Wildman–Crippen LogP) is 3.62. The summed E-state index contributed by atoms with van der Waals surface area (Å²) in [6.45, 7) is 1.47. The van der Waals surface area contributed by atoms with Gasteiger partial charge < -0.3 is 10.1 Å². The second kappa shape index (κ2) is 6.76. The van der Waals surface area contributed by atoms with E-state index in [0.29, 0.717) is 11.3 Å². The summed E-state index contributed by atoms with van der Waals surface area (Å²) in [5.74, 6) is -1.48. The molecule has 1 heterocycles. The minimum Gasteiger partial charge on any atom is -0.449 e.